The van der Waals surface area contributed by atoms with Crippen molar-refractivity contribution in [1.29, 1.82) is 0 Å². The van der Waals surface area contributed by atoms with E-state index in [-0.39, 0.29) is 11.5 Å². The predicted molar refractivity (Wildman–Crippen MR) is 106 cm³/mol. The van der Waals surface area contributed by atoms with E-state index in [0.717, 1.165) is 12.4 Å². The molecule has 0 saturated heterocycles. The number of nitrogens with one attached hydrogen (secondary N) is 1. The molecule has 2 aliphatic rings. The van der Waals surface area contributed by atoms with Gasteiger partial charge < -0.3 is 14.6 Å². The summed E-state index contributed by atoms with van der Waals surface area (Å²) in [6.45, 7) is 2.20. The van der Waals surface area contributed by atoms with Crippen LogP contribution in [0, 0.1) is 5.92 Å². The Labute approximate surface area is 163 Å². The first-order chi connectivity index (χ1) is 13.6. The zero-order chi connectivity index (χ0) is 19.5. The van der Waals surface area contributed by atoms with E-state index in [1.165, 1.54) is 25.8 Å². The van der Waals surface area contributed by atoms with Gasteiger partial charge in [-0.2, -0.15) is 0 Å². The van der Waals surface area contributed by atoms with Crippen LogP contribution in [0.4, 0.5) is 5.69 Å². The van der Waals surface area contributed by atoms with E-state index in [2.05, 4.69) is 5.43 Å². The molecule has 0 spiro atoms. The van der Waals surface area contributed by atoms with E-state index in [1.54, 1.807) is 35.5 Å². The lowest BCUT2D eigenvalue weighted by atomic mass is 10.1. The molecule has 1 fully saturated rings. The molecule has 6 heteroatoms. The standard InChI is InChI=1S/C22H22N2O4/c1-15(25)17-9-10-20(21(26)12-17)24-22(6-3-11-23-24)28-19-5-2-4-18(13-19)27-14-16-7-8-16/h2-6,9-13,16,23,26H,7-8,14H2,1H3. The number of anilines is 1. The third-order valence-corrected chi connectivity index (χ3v) is 4.59. The number of carbonyl (C=O) groups is 1. The van der Waals surface area contributed by atoms with E-state index >= 15 is 0 Å². The third kappa shape index (κ3) is 4.11. The number of ketones is 1. The van der Waals surface area contributed by atoms with Crippen molar-refractivity contribution < 1.29 is 19.4 Å². The first-order valence-electron chi connectivity index (χ1n) is 9.28. The van der Waals surface area contributed by atoms with E-state index in [9.17, 15) is 9.90 Å². The molecule has 1 saturated carbocycles. The maximum Gasteiger partial charge on any atom is 0.219 e. The lowest BCUT2D eigenvalue weighted by molar-refractivity contribution is 0.101. The van der Waals surface area contributed by atoms with Crippen molar-refractivity contribution in [3.8, 4) is 17.2 Å². The van der Waals surface area contributed by atoms with Crippen LogP contribution in [0.1, 0.15) is 30.1 Å². The number of aromatic hydroxyl groups is 1. The fourth-order valence-electron chi connectivity index (χ4n) is 2.83. The number of phenolic OH excluding ortho intramolecular Hbond substituents is 1. The Bertz CT molecular complexity index is 947. The quantitative estimate of drug-likeness (QED) is 0.706. The number of hydrogen-bond donors (Lipinski definition) is 2. The van der Waals surface area contributed by atoms with Gasteiger partial charge in [0.1, 0.15) is 22.9 Å². The van der Waals surface area contributed by atoms with Crippen molar-refractivity contribution in [3.63, 3.8) is 0 Å². The van der Waals surface area contributed by atoms with Crippen LogP contribution in [0.2, 0.25) is 0 Å². The molecule has 28 heavy (non-hydrogen) atoms. The van der Waals surface area contributed by atoms with Crippen molar-refractivity contribution in [1.82, 2.24) is 5.43 Å². The highest BCUT2D eigenvalue weighted by molar-refractivity contribution is 5.95. The summed E-state index contributed by atoms with van der Waals surface area (Å²) in [5.74, 6) is 2.42. The molecule has 0 radical (unpaired) electrons. The van der Waals surface area contributed by atoms with E-state index in [4.69, 9.17) is 9.47 Å². The summed E-state index contributed by atoms with van der Waals surface area (Å²) in [5, 5.41) is 12.0. The zero-order valence-electron chi connectivity index (χ0n) is 15.6. The summed E-state index contributed by atoms with van der Waals surface area (Å²) in [4.78, 5) is 11.5. The van der Waals surface area contributed by atoms with Crippen LogP contribution in [0.25, 0.3) is 0 Å². The second-order valence-corrected chi connectivity index (χ2v) is 6.92. The third-order valence-electron chi connectivity index (χ3n) is 4.59. The number of phenols is 1. The molecular weight excluding hydrogens is 356 g/mol. The topological polar surface area (TPSA) is 71.0 Å². The average Bonchev–Trinajstić information content (AvgIpc) is 3.52. The summed E-state index contributed by atoms with van der Waals surface area (Å²) in [7, 11) is 0. The van der Waals surface area contributed by atoms with E-state index < -0.39 is 0 Å². The number of hydrogen-bond acceptors (Lipinski definition) is 6. The van der Waals surface area contributed by atoms with E-state index in [0.29, 0.717) is 28.8 Å². The summed E-state index contributed by atoms with van der Waals surface area (Å²) in [6, 6.07) is 12.3. The SMILES string of the molecule is CC(=O)c1ccc(N2NC=CC=C2Oc2cccc(OCC3CC3)c2)c(O)c1. The van der Waals surface area contributed by atoms with Gasteiger partial charge in [0.25, 0.3) is 0 Å². The van der Waals surface area contributed by atoms with Crippen LogP contribution < -0.4 is 19.9 Å². The minimum absolute atomic E-state index is 0.0217. The lowest BCUT2D eigenvalue weighted by Crippen LogP contribution is -2.37. The molecule has 0 aromatic heterocycles. The molecule has 0 unspecified atom stereocenters. The van der Waals surface area contributed by atoms with Crippen LogP contribution in [-0.2, 0) is 0 Å². The summed E-state index contributed by atoms with van der Waals surface area (Å²) >= 11 is 0. The summed E-state index contributed by atoms with van der Waals surface area (Å²) < 4.78 is 11.8. The maximum absolute atomic E-state index is 11.5. The van der Waals surface area contributed by atoms with Crippen molar-refractivity contribution >= 4 is 11.5 Å². The van der Waals surface area contributed by atoms with Crippen molar-refractivity contribution in [2.24, 2.45) is 5.92 Å². The zero-order valence-corrected chi connectivity index (χ0v) is 15.6. The Balaban J connectivity index is 1.53. The summed E-state index contributed by atoms with van der Waals surface area (Å²) in [6.07, 6.45) is 7.79. The molecule has 0 atom stereocenters. The number of hydrazine groups is 1. The molecule has 2 N–H and O–H groups in total. The van der Waals surface area contributed by atoms with Crippen LogP contribution in [0.5, 0.6) is 17.2 Å². The molecule has 6 nitrogen and oxygen atoms in total. The highest BCUT2D eigenvalue weighted by Gasteiger charge is 2.22. The molecule has 4 rings (SSSR count). The van der Waals surface area contributed by atoms with Gasteiger partial charge in [0.2, 0.25) is 5.88 Å². The number of benzene rings is 2. The normalized spacial score (nSPS) is 15.6. The number of rotatable bonds is 7. The first-order valence-corrected chi connectivity index (χ1v) is 9.28. The number of ether oxygens (including phenoxy) is 2. The van der Waals surface area contributed by atoms with Gasteiger partial charge in [-0.25, -0.2) is 5.01 Å². The Morgan fingerprint density at radius 1 is 1.21 bits per heavy atom. The Morgan fingerprint density at radius 2 is 2.04 bits per heavy atom. The fraction of sp³-hybridized carbons (Fsp3) is 0.227. The fourth-order valence-corrected chi connectivity index (χ4v) is 2.83. The van der Waals surface area contributed by atoms with Crippen molar-refractivity contribution in [2.75, 3.05) is 11.6 Å². The van der Waals surface area contributed by atoms with Gasteiger partial charge >= 0.3 is 0 Å². The number of nitrogens with zero attached hydrogens (tertiary/aromatic N) is 1. The molecular formula is C22H22N2O4. The Morgan fingerprint density at radius 3 is 2.79 bits per heavy atom. The minimum Gasteiger partial charge on any atom is -0.506 e. The van der Waals surface area contributed by atoms with Crippen LogP contribution in [0.3, 0.4) is 0 Å². The molecule has 2 aromatic rings. The largest absolute Gasteiger partial charge is 0.506 e. The number of Topliss-reactive ketones (excluding diaryl/α,β-unsaturated/α-hetero) is 1. The molecule has 2 aromatic carbocycles. The van der Waals surface area contributed by atoms with Gasteiger partial charge in [-0.05, 0) is 62.1 Å². The second kappa shape index (κ2) is 7.68. The van der Waals surface area contributed by atoms with Gasteiger partial charge in [-0.15, -0.1) is 0 Å². The number of carbonyl (C=O) groups excluding carboxylic acids is 1. The Kier molecular flexibility index (Phi) is 4.93. The van der Waals surface area contributed by atoms with Gasteiger partial charge in [0, 0.05) is 23.9 Å². The predicted octanol–water partition coefficient (Wildman–Crippen LogP) is 4.14. The van der Waals surface area contributed by atoms with E-state index in [1.807, 2.05) is 24.3 Å². The van der Waals surface area contributed by atoms with Crippen LogP contribution in [-0.4, -0.2) is 17.5 Å². The highest BCUT2D eigenvalue weighted by atomic mass is 16.5. The van der Waals surface area contributed by atoms with Gasteiger partial charge in [-0.3, -0.25) is 10.2 Å². The molecule has 1 aliphatic heterocycles. The van der Waals surface area contributed by atoms with Crippen molar-refractivity contribution in [2.45, 2.75) is 19.8 Å². The molecule has 1 heterocycles. The maximum atomic E-state index is 11.5. The highest BCUT2D eigenvalue weighted by Crippen LogP contribution is 2.33. The van der Waals surface area contributed by atoms with Gasteiger partial charge in [0.15, 0.2) is 5.78 Å². The lowest BCUT2D eigenvalue weighted by Gasteiger charge is -2.29. The molecule has 0 bridgehead atoms. The van der Waals surface area contributed by atoms with Gasteiger partial charge in [-0.1, -0.05) is 6.07 Å². The first kappa shape index (κ1) is 18.0. The molecule has 144 valence electrons. The average molecular weight is 378 g/mol. The Hall–Kier alpha value is -3.41. The monoisotopic (exact) mass is 378 g/mol. The summed E-state index contributed by atoms with van der Waals surface area (Å²) in [5.41, 5.74) is 3.96. The van der Waals surface area contributed by atoms with Crippen LogP contribution >= 0.6 is 0 Å². The smallest absolute Gasteiger partial charge is 0.219 e. The van der Waals surface area contributed by atoms with Crippen LogP contribution in [0.15, 0.2) is 66.7 Å². The second-order valence-electron chi connectivity index (χ2n) is 6.92. The molecule has 1 aliphatic carbocycles. The number of allylic oxidation sites excluding steroid dienone is 2. The van der Waals surface area contributed by atoms with Crippen molar-refractivity contribution in [3.05, 3.63) is 72.3 Å². The minimum atomic E-state index is -0.108. The van der Waals surface area contributed by atoms with Gasteiger partial charge in [0.05, 0.1) is 6.61 Å². The molecule has 0 amide bonds.